The maximum Gasteiger partial charge on any atom is 0.239 e. The largest absolute Gasteiger partial charge is 0.379 e. The summed E-state index contributed by atoms with van der Waals surface area (Å²) in [4.78, 5) is 17.9. The fourth-order valence-electron chi connectivity index (χ4n) is 2.64. The first kappa shape index (κ1) is 17.4. The molecule has 5 nitrogen and oxygen atoms in total. The zero-order valence-corrected chi connectivity index (χ0v) is 14.5. The van der Waals surface area contributed by atoms with Crippen molar-refractivity contribution in [3.63, 3.8) is 0 Å². The van der Waals surface area contributed by atoms with E-state index in [1.165, 1.54) is 4.88 Å². The molecule has 0 aliphatic carbocycles. The molecule has 2 rings (SSSR count). The van der Waals surface area contributed by atoms with Gasteiger partial charge >= 0.3 is 0 Å². The van der Waals surface area contributed by atoms with E-state index in [4.69, 9.17) is 10.5 Å². The van der Waals surface area contributed by atoms with Gasteiger partial charge in [0.2, 0.25) is 5.91 Å². The van der Waals surface area contributed by atoms with Crippen LogP contribution < -0.4 is 5.73 Å². The van der Waals surface area contributed by atoms with Crippen molar-refractivity contribution in [2.75, 3.05) is 39.9 Å². The molecule has 1 aliphatic rings. The lowest BCUT2D eigenvalue weighted by Gasteiger charge is -2.36. The summed E-state index contributed by atoms with van der Waals surface area (Å²) in [7, 11) is 1.85. The smallest absolute Gasteiger partial charge is 0.239 e. The van der Waals surface area contributed by atoms with E-state index >= 15 is 0 Å². The Bertz CT molecular complexity index is 458. The summed E-state index contributed by atoms with van der Waals surface area (Å²) in [5.41, 5.74) is 6.01. The summed E-state index contributed by atoms with van der Waals surface area (Å²) in [6.07, 6.45) is 0. The molecule has 1 unspecified atom stereocenters. The predicted octanol–water partition coefficient (Wildman–Crippen LogP) is 1.56. The molecule has 6 heteroatoms. The molecule has 22 heavy (non-hydrogen) atoms. The number of carbonyl (C=O) groups excluding carboxylic acids is 1. The molecular weight excluding hydrogens is 298 g/mol. The van der Waals surface area contributed by atoms with E-state index in [0.29, 0.717) is 6.54 Å². The topological polar surface area (TPSA) is 58.8 Å². The van der Waals surface area contributed by atoms with Gasteiger partial charge in [0.05, 0.1) is 25.3 Å². The number of thiophene rings is 1. The summed E-state index contributed by atoms with van der Waals surface area (Å²) >= 11 is 1.74. The van der Waals surface area contributed by atoms with E-state index in [1.54, 1.807) is 16.2 Å². The number of likely N-dealkylation sites (N-methyl/N-ethyl adjacent to an activating group) is 1. The Morgan fingerprint density at radius 2 is 2.14 bits per heavy atom. The van der Waals surface area contributed by atoms with Crippen LogP contribution in [0.5, 0.6) is 0 Å². The van der Waals surface area contributed by atoms with Gasteiger partial charge in [0, 0.05) is 31.6 Å². The molecule has 0 saturated carbocycles. The predicted molar refractivity (Wildman–Crippen MR) is 89.9 cm³/mol. The Morgan fingerprint density at radius 1 is 1.45 bits per heavy atom. The summed E-state index contributed by atoms with van der Waals surface area (Å²) in [5, 5.41) is 2.09. The van der Waals surface area contributed by atoms with Crippen LogP contribution in [0.4, 0.5) is 0 Å². The van der Waals surface area contributed by atoms with Crippen LogP contribution in [0.1, 0.15) is 24.8 Å². The second-order valence-electron chi connectivity index (χ2n) is 6.17. The van der Waals surface area contributed by atoms with Crippen molar-refractivity contribution in [1.29, 1.82) is 0 Å². The van der Waals surface area contributed by atoms with E-state index < -0.39 is 6.04 Å². The Hall–Kier alpha value is -0.950. The number of nitrogens with zero attached hydrogens (tertiary/aromatic N) is 2. The number of rotatable bonds is 6. The molecule has 1 saturated heterocycles. The summed E-state index contributed by atoms with van der Waals surface area (Å²) in [5.74, 6) is 0.170. The molecule has 1 aromatic heterocycles. The van der Waals surface area contributed by atoms with Crippen molar-refractivity contribution in [2.24, 2.45) is 11.7 Å². The number of nitrogens with two attached hydrogens (primary N) is 1. The summed E-state index contributed by atoms with van der Waals surface area (Å²) < 4.78 is 5.45. The highest BCUT2D eigenvalue weighted by Gasteiger charge is 2.28. The van der Waals surface area contributed by atoms with Crippen LogP contribution in [0.25, 0.3) is 0 Å². The first-order valence-corrected chi connectivity index (χ1v) is 8.74. The van der Waals surface area contributed by atoms with Crippen LogP contribution in [-0.2, 0) is 9.53 Å². The molecule has 0 aromatic carbocycles. The first-order chi connectivity index (χ1) is 10.5. The average molecular weight is 325 g/mol. The quantitative estimate of drug-likeness (QED) is 0.862. The lowest BCUT2D eigenvalue weighted by molar-refractivity contribution is -0.133. The van der Waals surface area contributed by atoms with Gasteiger partial charge in [-0.25, -0.2) is 0 Å². The standard InChI is InChI=1S/C16H27N3O2S/c1-12(2)15(17)16(20)18(3)11-13(14-5-4-10-22-14)19-6-8-21-9-7-19/h4-5,10,12-13,15H,6-9,11,17H2,1-3H3/t13?,15-/m0/s1. The Morgan fingerprint density at radius 3 is 2.68 bits per heavy atom. The van der Waals surface area contributed by atoms with Gasteiger partial charge in [-0.1, -0.05) is 19.9 Å². The molecule has 1 aromatic rings. The van der Waals surface area contributed by atoms with Crippen LogP contribution in [-0.4, -0.2) is 61.6 Å². The minimum atomic E-state index is -0.432. The van der Waals surface area contributed by atoms with Gasteiger partial charge in [0.15, 0.2) is 0 Å². The highest BCUT2D eigenvalue weighted by atomic mass is 32.1. The van der Waals surface area contributed by atoms with E-state index in [1.807, 2.05) is 20.9 Å². The van der Waals surface area contributed by atoms with Crippen molar-refractivity contribution < 1.29 is 9.53 Å². The van der Waals surface area contributed by atoms with Crippen LogP contribution >= 0.6 is 11.3 Å². The van der Waals surface area contributed by atoms with Gasteiger partial charge < -0.3 is 15.4 Å². The van der Waals surface area contributed by atoms with E-state index in [2.05, 4.69) is 22.4 Å². The lowest BCUT2D eigenvalue weighted by atomic mass is 10.0. The molecule has 0 bridgehead atoms. The van der Waals surface area contributed by atoms with Crippen molar-refractivity contribution in [1.82, 2.24) is 9.80 Å². The van der Waals surface area contributed by atoms with Gasteiger partial charge in [0.25, 0.3) is 0 Å². The third-order valence-corrected chi connectivity index (χ3v) is 5.16. The van der Waals surface area contributed by atoms with Crippen LogP contribution in [0.2, 0.25) is 0 Å². The maximum absolute atomic E-state index is 12.4. The van der Waals surface area contributed by atoms with Crippen molar-refractivity contribution >= 4 is 17.2 Å². The highest BCUT2D eigenvalue weighted by Crippen LogP contribution is 2.27. The molecule has 2 heterocycles. The second kappa shape index (κ2) is 8.06. The molecule has 2 atom stereocenters. The molecule has 124 valence electrons. The minimum absolute atomic E-state index is 0.0183. The Balaban J connectivity index is 2.07. The Labute approximate surface area is 137 Å². The van der Waals surface area contributed by atoms with Crippen molar-refractivity contribution in [3.8, 4) is 0 Å². The van der Waals surface area contributed by atoms with Crippen LogP contribution in [0.3, 0.4) is 0 Å². The zero-order valence-electron chi connectivity index (χ0n) is 13.7. The molecule has 1 amide bonds. The fourth-order valence-corrected chi connectivity index (χ4v) is 3.50. The maximum atomic E-state index is 12.4. The number of hydrogen-bond acceptors (Lipinski definition) is 5. The van der Waals surface area contributed by atoms with E-state index in [9.17, 15) is 4.79 Å². The number of morpholine rings is 1. The van der Waals surface area contributed by atoms with Crippen molar-refractivity contribution in [3.05, 3.63) is 22.4 Å². The molecule has 0 spiro atoms. The zero-order chi connectivity index (χ0) is 16.1. The average Bonchev–Trinajstić information content (AvgIpc) is 3.05. The van der Waals surface area contributed by atoms with Gasteiger partial charge in [-0.2, -0.15) is 0 Å². The number of hydrogen-bond donors (Lipinski definition) is 1. The third-order valence-electron chi connectivity index (χ3n) is 4.18. The molecule has 1 fully saturated rings. The summed E-state index contributed by atoms with van der Waals surface area (Å²) in [6.45, 7) is 7.95. The molecular formula is C16H27N3O2S. The number of amides is 1. The first-order valence-electron chi connectivity index (χ1n) is 7.86. The lowest BCUT2D eigenvalue weighted by Crippen LogP contribution is -2.49. The molecule has 1 aliphatic heterocycles. The highest BCUT2D eigenvalue weighted by molar-refractivity contribution is 7.10. The normalized spacial score (nSPS) is 19.1. The third kappa shape index (κ3) is 4.29. The van der Waals surface area contributed by atoms with E-state index in [0.717, 1.165) is 26.3 Å². The SMILES string of the molecule is CC(C)[C@H](N)C(=O)N(C)CC(c1cccs1)N1CCOCC1. The monoisotopic (exact) mass is 325 g/mol. The van der Waals surface area contributed by atoms with Gasteiger partial charge in [0.1, 0.15) is 0 Å². The van der Waals surface area contributed by atoms with Crippen LogP contribution in [0.15, 0.2) is 17.5 Å². The number of ether oxygens (including phenoxy) is 1. The van der Waals surface area contributed by atoms with Gasteiger partial charge in [-0.15, -0.1) is 11.3 Å². The number of carbonyl (C=O) groups is 1. The van der Waals surface area contributed by atoms with E-state index in [-0.39, 0.29) is 17.9 Å². The molecule has 2 N–H and O–H groups in total. The van der Waals surface area contributed by atoms with Gasteiger partial charge in [-0.05, 0) is 17.4 Å². The molecule has 0 radical (unpaired) electrons. The Kier molecular flexibility index (Phi) is 6.37. The summed E-state index contributed by atoms with van der Waals surface area (Å²) in [6, 6.07) is 4.00. The van der Waals surface area contributed by atoms with Crippen LogP contribution in [0, 0.1) is 5.92 Å². The van der Waals surface area contributed by atoms with Crippen molar-refractivity contribution in [2.45, 2.75) is 25.9 Å². The second-order valence-corrected chi connectivity index (χ2v) is 7.15. The minimum Gasteiger partial charge on any atom is -0.379 e. The fraction of sp³-hybridized carbons (Fsp3) is 0.688. The van der Waals surface area contributed by atoms with Gasteiger partial charge in [-0.3, -0.25) is 9.69 Å².